The summed E-state index contributed by atoms with van der Waals surface area (Å²) in [7, 11) is 0. The highest BCUT2D eigenvalue weighted by Gasteiger charge is 2.30. The number of H-pyrrole nitrogens is 1. The number of carbonyl (C=O) groups is 1. The van der Waals surface area contributed by atoms with Crippen molar-refractivity contribution in [3.05, 3.63) is 45.6 Å². The van der Waals surface area contributed by atoms with E-state index in [0.717, 1.165) is 29.3 Å². The maximum atomic E-state index is 12.6. The third kappa shape index (κ3) is 3.48. The molecule has 0 fully saturated rings. The second kappa shape index (κ2) is 6.65. The van der Waals surface area contributed by atoms with Crippen molar-refractivity contribution in [2.75, 3.05) is 0 Å². The first kappa shape index (κ1) is 17.7. The molecule has 0 aliphatic carbocycles. The molecule has 1 aromatic carbocycles. The summed E-state index contributed by atoms with van der Waals surface area (Å²) < 4.78 is -1.07. The quantitative estimate of drug-likeness (QED) is 0.517. The summed E-state index contributed by atoms with van der Waals surface area (Å²) in [6, 6.07) is 8.13. The van der Waals surface area contributed by atoms with Crippen molar-refractivity contribution in [2.24, 2.45) is 0 Å². The van der Waals surface area contributed by atoms with E-state index in [2.05, 4.69) is 29.0 Å². The first-order valence-corrected chi connectivity index (χ1v) is 9.54. The van der Waals surface area contributed by atoms with Crippen molar-refractivity contribution >= 4 is 39.3 Å². The lowest BCUT2D eigenvalue weighted by molar-refractivity contribution is -0.138. The number of thioether (sulfide) groups is 1. The van der Waals surface area contributed by atoms with E-state index in [1.165, 1.54) is 16.9 Å². The summed E-state index contributed by atoms with van der Waals surface area (Å²) in [6.07, 6.45) is 0.965. The highest BCUT2D eigenvalue weighted by molar-refractivity contribution is 8.01. The van der Waals surface area contributed by atoms with Crippen LogP contribution in [0.1, 0.15) is 26.3 Å². The SMILES string of the molecule is CCc1ccc(-c2csc3nc(SC(C)(C)C(=O)O)[nH]c(=O)c23)cc1. The van der Waals surface area contributed by atoms with Crippen LogP contribution in [0.25, 0.3) is 21.3 Å². The van der Waals surface area contributed by atoms with Gasteiger partial charge in [0.15, 0.2) is 5.16 Å². The molecule has 0 saturated carbocycles. The van der Waals surface area contributed by atoms with Gasteiger partial charge in [0, 0.05) is 10.9 Å². The molecule has 0 aliphatic rings. The summed E-state index contributed by atoms with van der Waals surface area (Å²) in [5, 5.41) is 12.0. The van der Waals surface area contributed by atoms with Gasteiger partial charge in [-0.1, -0.05) is 43.0 Å². The van der Waals surface area contributed by atoms with Crippen molar-refractivity contribution in [1.29, 1.82) is 0 Å². The third-order valence-corrected chi connectivity index (χ3v) is 5.91. The van der Waals surface area contributed by atoms with E-state index in [4.69, 9.17) is 0 Å². The first-order valence-electron chi connectivity index (χ1n) is 7.85. The lowest BCUT2D eigenvalue weighted by Gasteiger charge is -2.16. The number of carboxylic acids is 1. The number of nitrogens with one attached hydrogen (secondary N) is 1. The molecule has 2 N–H and O–H groups in total. The molecule has 2 aromatic heterocycles. The van der Waals surface area contributed by atoms with Crippen molar-refractivity contribution in [3.63, 3.8) is 0 Å². The van der Waals surface area contributed by atoms with Crippen LogP contribution in [0.5, 0.6) is 0 Å². The van der Waals surface area contributed by atoms with Crippen molar-refractivity contribution in [3.8, 4) is 11.1 Å². The maximum absolute atomic E-state index is 12.6. The fraction of sp³-hybridized carbons (Fsp3) is 0.278. The third-order valence-electron chi connectivity index (χ3n) is 3.96. The Hall–Kier alpha value is -2.12. The van der Waals surface area contributed by atoms with E-state index in [-0.39, 0.29) is 5.56 Å². The average molecular weight is 374 g/mol. The molecule has 0 amide bonds. The van der Waals surface area contributed by atoms with Gasteiger partial charge >= 0.3 is 5.97 Å². The number of benzene rings is 1. The largest absolute Gasteiger partial charge is 0.480 e. The number of nitrogens with zero attached hydrogens (tertiary/aromatic N) is 1. The molecule has 0 atom stereocenters. The topological polar surface area (TPSA) is 83.0 Å². The normalized spacial score (nSPS) is 11.8. The molecule has 3 aromatic rings. The van der Waals surface area contributed by atoms with Crippen molar-refractivity contribution < 1.29 is 9.90 Å². The van der Waals surface area contributed by atoms with Gasteiger partial charge in [0.25, 0.3) is 5.56 Å². The molecule has 5 nitrogen and oxygen atoms in total. The number of rotatable bonds is 5. The zero-order valence-corrected chi connectivity index (χ0v) is 15.8. The number of hydrogen-bond donors (Lipinski definition) is 2. The number of aryl methyl sites for hydroxylation is 1. The minimum Gasteiger partial charge on any atom is -0.480 e. The minimum atomic E-state index is -1.07. The Morgan fingerprint density at radius 2 is 2.00 bits per heavy atom. The van der Waals surface area contributed by atoms with Gasteiger partial charge in [0.05, 0.1) is 5.39 Å². The van der Waals surface area contributed by atoms with Gasteiger partial charge in [-0.25, -0.2) is 4.98 Å². The molecule has 130 valence electrons. The molecule has 0 bridgehead atoms. The van der Waals surface area contributed by atoms with Crippen LogP contribution < -0.4 is 5.56 Å². The van der Waals surface area contributed by atoms with Crippen LogP contribution in [0.4, 0.5) is 0 Å². The molecule has 3 rings (SSSR count). The first-order chi connectivity index (χ1) is 11.8. The summed E-state index contributed by atoms with van der Waals surface area (Å²) in [5.41, 5.74) is 2.82. The molecular weight excluding hydrogens is 356 g/mol. The fourth-order valence-corrected chi connectivity index (χ4v) is 4.25. The van der Waals surface area contributed by atoms with Crippen LogP contribution in [-0.4, -0.2) is 25.8 Å². The summed E-state index contributed by atoms with van der Waals surface area (Å²) in [5.74, 6) is -0.955. The van der Waals surface area contributed by atoms with E-state index in [0.29, 0.717) is 15.4 Å². The Labute approximate surface area is 153 Å². The smallest absolute Gasteiger partial charge is 0.319 e. The second-order valence-corrected chi connectivity index (χ2v) is 8.64. The fourth-order valence-electron chi connectivity index (χ4n) is 2.40. The number of aromatic amines is 1. The van der Waals surface area contributed by atoms with Gasteiger partial charge < -0.3 is 10.1 Å². The van der Waals surface area contributed by atoms with Gasteiger partial charge in [-0.05, 0) is 31.4 Å². The van der Waals surface area contributed by atoms with Crippen LogP contribution >= 0.6 is 23.1 Å². The molecule has 0 spiro atoms. The van der Waals surface area contributed by atoms with Gasteiger partial charge in [0.2, 0.25) is 0 Å². The molecule has 0 radical (unpaired) electrons. The zero-order chi connectivity index (χ0) is 18.2. The van der Waals surface area contributed by atoms with Crippen molar-refractivity contribution in [2.45, 2.75) is 37.1 Å². The Morgan fingerprint density at radius 3 is 2.60 bits per heavy atom. The standard InChI is InChI=1S/C18H18N2O3S2/c1-4-10-5-7-11(8-6-10)12-9-24-15-13(12)14(21)19-17(20-15)25-18(2,3)16(22)23/h5-9H,4H2,1-3H3,(H,22,23)(H,19,20,21). The summed E-state index contributed by atoms with van der Waals surface area (Å²) in [4.78, 5) is 31.6. The second-order valence-electron chi connectivity index (χ2n) is 6.17. The van der Waals surface area contributed by atoms with Crippen LogP contribution in [-0.2, 0) is 11.2 Å². The van der Waals surface area contributed by atoms with E-state index in [9.17, 15) is 14.7 Å². The van der Waals surface area contributed by atoms with Crippen LogP contribution in [0.15, 0.2) is 39.6 Å². The number of hydrogen-bond acceptors (Lipinski definition) is 5. The van der Waals surface area contributed by atoms with Crippen LogP contribution in [0.2, 0.25) is 0 Å². The maximum Gasteiger partial charge on any atom is 0.319 e. The molecule has 7 heteroatoms. The van der Waals surface area contributed by atoms with Gasteiger partial charge in [-0.15, -0.1) is 11.3 Å². The summed E-state index contributed by atoms with van der Waals surface area (Å²) in [6.45, 7) is 5.26. The van der Waals surface area contributed by atoms with Gasteiger partial charge in [-0.3, -0.25) is 9.59 Å². The number of aromatic nitrogens is 2. The van der Waals surface area contributed by atoms with Gasteiger partial charge in [0.1, 0.15) is 9.58 Å². The average Bonchev–Trinajstić information content (AvgIpc) is 2.98. The summed E-state index contributed by atoms with van der Waals surface area (Å²) >= 11 is 2.42. The molecule has 0 saturated heterocycles. The lowest BCUT2D eigenvalue weighted by atomic mass is 10.0. The highest BCUT2D eigenvalue weighted by atomic mass is 32.2. The van der Waals surface area contributed by atoms with E-state index >= 15 is 0 Å². The monoisotopic (exact) mass is 374 g/mol. The number of thiophene rings is 1. The van der Waals surface area contributed by atoms with Crippen LogP contribution in [0.3, 0.4) is 0 Å². The number of fused-ring (bicyclic) bond motifs is 1. The molecule has 25 heavy (non-hydrogen) atoms. The molecule has 0 aliphatic heterocycles. The van der Waals surface area contributed by atoms with Crippen LogP contribution in [0, 0.1) is 0 Å². The van der Waals surface area contributed by atoms with E-state index in [1.807, 2.05) is 17.5 Å². The van der Waals surface area contributed by atoms with E-state index in [1.54, 1.807) is 13.8 Å². The Kier molecular flexibility index (Phi) is 4.71. The Balaban J connectivity index is 2.04. The Morgan fingerprint density at radius 1 is 1.32 bits per heavy atom. The zero-order valence-electron chi connectivity index (χ0n) is 14.1. The van der Waals surface area contributed by atoms with E-state index < -0.39 is 10.7 Å². The predicted octanol–water partition coefficient (Wildman–Crippen LogP) is 4.17. The lowest BCUT2D eigenvalue weighted by Crippen LogP contribution is -2.27. The predicted molar refractivity (Wildman–Crippen MR) is 103 cm³/mol. The van der Waals surface area contributed by atoms with Crippen molar-refractivity contribution in [1.82, 2.24) is 9.97 Å². The van der Waals surface area contributed by atoms with Gasteiger partial charge in [-0.2, -0.15) is 0 Å². The minimum absolute atomic E-state index is 0.246. The number of aliphatic carboxylic acids is 1. The molecular formula is C18H18N2O3S2. The number of carboxylic acid groups (broad SMARTS) is 1. The Bertz CT molecular complexity index is 988. The highest BCUT2D eigenvalue weighted by Crippen LogP contribution is 2.34. The molecule has 0 unspecified atom stereocenters. The molecule has 2 heterocycles.